The van der Waals surface area contributed by atoms with E-state index in [4.69, 9.17) is 9.47 Å². The molecular formula is C15H16O2. The Morgan fingerprint density at radius 1 is 0.941 bits per heavy atom. The van der Waals surface area contributed by atoms with E-state index >= 15 is 0 Å². The lowest BCUT2D eigenvalue weighted by Crippen LogP contribution is -1.95. The zero-order valence-electron chi connectivity index (χ0n) is 10.1. The molecule has 0 bridgehead atoms. The van der Waals surface area contributed by atoms with Gasteiger partial charge in [-0.05, 0) is 43.7 Å². The summed E-state index contributed by atoms with van der Waals surface area (Å²) in [5.74, 6) is 2.36. The van der Waals surface area contributed by atoms with Gasteiger partial charge in [-0.15, -0.1) is 0 Å². The molecule has 0 fully saturated rings. The minimum Gasteiger partial charge on any atom is -0.490 e. The van der Waals surface area contributed by atoms with Gasteiger partial charge in [0.1, 0.15) is 5.75 Å². The number of para-hydroxylation sites is 1. The summed E-state index contributed by atoms with van der Waals surface area (Å²) in [6.45, 7) is 4.64. The number of aryl methyl sites for hydroxylation is 1. The Hall–Kier alpha value is -1.96. The number of hydrogen-bond donors (Lipinski definition) is 0. The Bertz CT molecular complexity index is 478. The molecule has 0 radical (unpaired) electrons. The van der Waals surface area contributed by atoms with Crippen LogP contribution < -0.4 is 9.47 Å². The third-order valence-corrected chi connectivity index (χ3v) is 2.37. The fourth-order valence-electron chi connectivity index (χ4n) is 1.58. The first kappa shape index (κ1) is 11.5. The average molecular weight is 228 g/mol. The standard InChI is InChI=1S/C15H16O2/c1-3-16-15-11-12(2)9-10-14(15)17-13-7-5-4-6-8-13/h4-11H,3H2,1-2H3. The summed E-state index contributed by atoms with van der Waals surface area (Å²) in [7, 11) is 0. The predicted octanol–water partition coefficient (Wildman–Crippen LogP) is 4.19. The first-order valence-electron chi connectivity index (χ1n) is 5.76. The molecular weight excluding hydrogens is 212 g/mol. The van der Waals surface area contributed by atoms with Gasteiger partial charge in [0.05, 0.1) is 6.61 Å². The van der Waals surface area contributed by atoms with Crippen molar-refractivity contribution < 1.29 is 9.47 Å². The molecule has 0 aliphatic rings. The van der Waals surface area contributed by atoms with Crippen LogP contribution in [-0.2, 0) is 0 Å². The lowest BCUT2D eigenvalue weighted by Gasteiger charge is -2.12. The zero-order chi connectivity index (χ0) is 12.1. The van der Waals surface area contributed by atoms with Gasteiger partial charge in [-0.2, -0.15) is 0 Å². The minimum absolute atomic E-state index is 0.634. The van der Waals surface area contributed by atoms with E-state index in [1.54, 1.807) is 0 Å². The fraction of sp³-hybridized carbons (Fsp3) is 0.200. The molecule has 0 saturated carbocycles. The molecule has 2 rings (SSSR count). The summed E-state index contributed by atoms with van der Waals surface area (Å²) >= 11 is 0. The first-order valence-corrected chi connectivity index (χ1v) is 5.76. The van der Waals surface area contributed by atoms with E-state index in [1.165, 1.54) is 0 Å². The molecule has 0 aliphatic carbocycles. The third kappa shape index (κ3) is 3.00. The van der Waals surface area contributed by atoms with Crippen LogP contribution in [0.5, 0.6) is 17.2 Å². The smallest absolute Gasteiger partial charge is 0.169 e. The molecule has 0 aliphatic heterocycles. The Kier molecular flexibility index (Phi) is 3.66. The third-order valence-electron chi connectivity index (χ3n) is 2.37. The quantitative estimate of drug-likeness (QED) is 0.781. The Labute approximate surface area is 102 Å². The van der Waals surface area contributed by atoms with Crippen molar-refractivity contribution in [3.05, 3.63) is 54.1 Å². The zero-order valence-corrected chi connectivity index (χ0v) is 10.1. The van der Waals surface area contributed by atoms with Gasteiger partial charge < -0.3 is 9.47 Å². The monoisotopic (exact) mass is 228 g/mol. The van der Waals surface area contributed by atoms with Crippen molar-refractivity contribution >= 4 is 0 Å². The second-order valence-electron chi connectivity index (χ2n) is 3.80. The van der Waals surface area contributed by atoms with Crippen LogP contribution in [0.25, 0.3) is 0 Å². The number of benzene rings is 2. The summed E-state index contributed by atoms with van der Waals surface area (Å²) in [6.07, 6.45) is 0. The van der Waals surface area contributed by atoms with Crippen LogP contribution in [0.2, 0.25) is 0 Å². The van der Waals surface area contributed by atoms with Crippen LogP contribution in [0.3, 0.4) is 0 Å². The van der Waals surface area contributed by atoms with Crippen molar-refractivity contribution in [1.29, 1.82) is 0 Å². The van der Waals surface area contributed by atoms with E-state index in [0.29, 0.717) is 6.61 Å². The van der Waals surface area contributed by atoms with E-state index in [9.17, 15) is 0 Å². The Morgan fingerprint density at radius 2 is 1.71 bits per heavy atom. The van der Waals surface area contributed by atoms with Crippen molar-refractivity contribution in [2.45, 2.75) is 13.8 Å². The van der Waals surface area contributed by atoms with Crippen LogP contribution in [0, 0.1) is 6.92 Å². The fourth-order valence-corrected chi connectivity index (χ4v) is 1.58. The Morgan fingerprint density at radius 3 is 2.41 bits per heavy atom. The predicted molar refractivity (Wildman–Crippen MR) is 68.9 cm³/mol. The van der Waals surface area contributed by atoms with Gasteiger partial charge in [-0.25, -0.2) is 0 Å². The largest absolute Gasteiger partial charge is 0.490 e. The van der Waals surface area contributed by atoms with Crippen molar-refractivity contribution in [3.8, 4) is 17.2 Å². The van der Waals surface area contributed by atoms with Crippen LogP contribution in [0.4, 0.5) is 0 Å². The summed E-state index contributed by atoms with van der Waals surface area (Å²) in [6, 6.07) is 15.7. The highest BCUT2D eigenvalue weighted by atomic mass is 16.5. The number of hydrogen-bond acceptors (Lipinski definition) is 2. The van der Waals surface area contributed by atoms with Gasteiger partial charge in [-0.3, -0.25) is 0 Å². The molecule has 0 atom stereocenters. The Balaban J connectivity index is 2.26. The molecule has 2 heteroatoms. The molecule has 0 amide bonds. The molecule has 2 aromatic carbocycles. The van der Waals surface area contributed by atoms with Crippen LogP contribution in [0.1, 0.15) is 12.5 Å². The van der Waals surface area contributed by atoms with E-state index in [1.807, 2.05) is 62.4 Å². The molecule has 17 heavy (non-hydrogen) atoms. The summed E-state index contributed by atoms with van der Waals surface area (Å²) in [5.41, 5.74) is 1.16. The van der Waals surface area contributed by atoms with E-state index < -0.39 is 0 Å². The molecule has 0 aromatic heterocycles. The van der Waals surface area contributed by atoms with Gasteiger partial charge >= 0.3 is 0 Å². The highest BCUT2D eigenvalue weighted by molar-refractivity contribution is 5.45. The topological polar surface area (TPSA) is 18.5 Å². The molecule has 88 valence electrons. The van der Waals surface area contributed by atoms with Crippen LogP contribution >= 0.6 is 0 Å². The highest BCUT2D eigenvalue weighted by Crippen LogP contribution is 2.32. The maximum atomic E-state index is 5.79. The summed E-state index contributed by atoms with van der Waals surface area (Å²) in [5, 5.41) is 0. The van der Waals surface area contributed by atoms with Crippen molar-refractivity contribution in [2.75, 3.05) is 6.61 Å². The number of rotatable bonds is 4. The number of ether oxygens (including phenoxy) is 2. The molecule has 0 spiro atoms. The molecule has 0 unspecified atom stereocenters. The van der Waals surface area contributed by atoms with Gasteiger partial charge in [0.25, 0.3) is 0 Å². The highest BCUT2D eigenvalue weighted by Gasteiger charge is 2.05. The van der Waals surface area contributed by atoms with Crippen molar-refractivity contribution in [3.63, 3.8) is 0 Å². The van der Waals surface area contributed by atoms with Gasteiger partial charge in [-0.1, -0.05) is 24.3 Å². The SMILES string of the molecule is CCOc1cc(C)ccc1Oc1ccccc1. The van der Waals surface area contributed by atoms with E-state index in [2.05, 4.69) is 0 Å². The van der Waals surface area contributed by atoms with Crippen LogP contribution in [-0.4, -0.2) is 6.61 Å². The summed E-state index contributed by atoms with van der Waals surface area (Å²) in [4.78, 5) is 0. The van der Waals surface area contributed by atoms with Gasteiger partial charge in [0.2, 0.25) is 0 Å². The normalized spacial score (nSPS) is 10.0. The van der Waals surface area contributed by atoms with Gasteiger partial charge in [0.15, 0.2) is 11.5 Å². The molecule has 0 N–H and O–H groups in total. The van der Waals surface area contributed by atoms with E-state index in [0.717, 1.165) is 22.8 Å². The molecule has 0 saturated heterocycles. The van der Waals surface area contributed by atoms with Crippen molar-refractivity contribution in [2.24, 2.45) is 0 Å². The van der Waals surface area contributed by atoms with E-state index in [-0.39, 0.29) is 0 Å². The second kappa shape index (κ2) is 5.39. The average Bonchev–Trinajstić information content (AvgIpc) is 2.34. The summed E-state index contributed by atoms with van der Waals surface area (Å²) < 4.78 is 11.4. The minimum atomic E-state index is 0.634. The maximum absolute atomic E-state index is 5.79. The lowest BCUT2D eigenvalue weighted by atomic mass is 10.2. The maximum Gasteiger partial charge on any atom is 0.169 e. The van der Waals surface area contributed by atoms with Crippen LogP contribution in [0.15, 0.2) is 48.5 Å². The van der Waals surface area contributed by atoms with Gasteiger partial charge in [0, 0.05) is 0 Å². The first-order chi connectivity index (χ1) is 8.29. The lowest BCUT2D eigenvalue weighted by molar-refractivity contribution is 0.321. The molecule has 0 heterocycles. The van der Waals surface area contributed by atoms with Crippen molar-refractivity contribution in [1.82, 2.24) is 0 Å². The molecule has 2 aromatic rings. The second-order valence-corrected chi connectivity index (χ2v) is 3.80. The molecule has 2 nitrogen and oxygen atoms in total.